The maximum Gasteiger partial charge on any atom is 0.343 e. The van der Waals surface area contributed by atoms with E-state index in [1.54, 1.807) is 6.07 Å². The highest BCUT2D eigenvalue weighted by molar-refractivity contribution is 7.89. The zero-order chi connectivity index (χ0) is 18.4. The molecule has 0 saturated carbocycles. The van der Waals surface area contributed by atoms with Crippen LogP contribution < -0.4 is 4.74 Å². The number of hydrogen-bond acceptors (Lipinski definition) is 6. The second-order valence-electron chi connectivity index (χ2n) is 5.86. The standard InChI is InChI=1S/C17H22N2O5S/c1-13(12-18)24-17(20)15-11-14(7-8-16(15)23-2)25(21,22)19-9-5-3-4-6-10-19/h7-8,11,13H,3-6,9-10H2,1-2H3/t13-/m0/s1. The van der Waals surface area contributed by atoms with E-state index in [-0.39, 0.29) is 16.2 Å². The Bertz CT molecular complexity index is 762. The second-order valence-corrected chi connectivity index (χ2v) is 7.79. The lowest BCUT2D eigenvalue weighted by Crippen LogP contribution is -2.32. The van der Waals surface area contributed by atoms with Crippen molar-refractivity contribution in [1.29, 1.82) is 5.26 Å². The Balaban J connectivity index is 2.37. The fourth-order valence-corrected chi connectivity index (χ4v) is 4.23. The number of sulfonamides is 1. The van der Waals surface area contributed by atoms with Crippen LogP contribution in [0, 0.1) is 11.3 Å². The topological polar surface area (TPSA) is 96.7 Å². The van der Waals surface area contributed by atoms with Crippen LogP contribution >= 0.6 is 0 Å². The summed E-state index contributed by atoms with van der Waals surface area (Å²) in [7, 11) is -2.32. The molecular formula is C17H22N2O5S. The Labute approximate surface area is 148 Å². The number of ether oxygens (including phenoxy) is 2. The minimum atomic E-state index is -3.70. The average molecular weight is 366 g/mol. The molecule has 1 fully saturated rings. The summed E-state index contributed by atoms with van der Waals surface area (Å²) in [5.74, 6) is -0.594. The Kier molecular flexibility index (Phi) is 6.39. The molecule has 0 N–H and O–H groups in total. The van der Waals surface area contributed by atoms with E-state index in [9.17, 15) is 13.2 Å². The minimum Gasteiger partial charge on any atom is -0.496 e. The first-order valence-electron chi connectivity index (χ1n) is 8.19. The molecule has 0 unspecified atom stereocenters. The van der Waals surface area contributed by atoms with Crippen molar-refractivity contribution in [3.05, 3.63) is 23.8 Å². The molecule has 1 heterocycles. The van der Waals surface area contributed by atoms with Crippen LogP contribution in [0.2, 0.25) is 0 Å². The van der Waals surface area contributed by atoms with Gasteiger partial charge in [-0.2, -0.15) is 9.57 Å². The van der Waals surface area contributed by atoms with E-state index < -0.39 is 22.1 Å². The van der Waals surface area contributed by atoms with Gasteiger partial charge in [-0.25, -0.2) is 13.2 Å². The number of benzene rings is 1. The first-order chi connectivity index (χ1) is 11.9. The summed E-state index contributed by atoms with van der Waals surface area (Å²) < 4.78 is 37.3. The number of rotatable bonds is 5. The Morgan fingerprint density at radius 2 is 1.88 bits per heavy atom. The van der Waals surface area contributed by atoms with E-state index in [4.69, 9.17) is 14.7 Å². The largest absolute Gasteiger partial charge is 0.496 e. The monoisotopic (exact) mass is 366 g/mol. The molecule has 8 heteroatoms. The lowest BCUT2D eigenvalue weighted by molar-refractivity contribution is 0.0431. The van der Waals surface area contributed by atoms with E-state index in [0.717, 1.165) is 25.7 Å². The molecule has 136 valence electrons. The minimum absolute atomic E-state index is 0.0134. The molecule has 0 radical (unpaired) electrons. The van der Waals surface area contributed by atoms with Crippen molar-refractivity contribution in [2.75, 3.05) is 20.2 Å². The molecule has 0 bridgehead atoms. The molecule has 1 aromatic rings. The van der Waals surface area contributed by atoms with Gasteiger partial charge in [0.2, 0.25) is 10.0 Å². The molecule has 1 aliphatic heterocycles. The smallest absolute Gasteiger partial charge is 0.343 e. The van der Waals surface area contributed by atoms with E-state index in [0.29, 0.717) is 13.1 Å². The number of carbonyl (C=O) groups excluding carboxylic acids is 1. The number of hydrogen-bond donors (Lipinski definition) is 0. The van der Waals surface area contributed by atoms with Gasteiger partial charge in [0.15, 0.2) is 6.10 Å². The predicted molar refractivity (Wildman–Crippen MR) is 90.7 cm³/mol. The third kappa shape index (κ3) is 4.50. The summed E-state index contributed by atoms with van der Waals surface area (Å²) in [6.07, 6.45) is 2.73. The fraction of sp³-hybridized carbons (Fsp3) is 0.529. The lowest BCUT2D eigenvalue weighted by Gasteiger charge is -2.20. The summed E-state index contributed by atoms with van der Waals surface area (Å²) in [4.78, 5) is 12.3. The molecule has 1 saturated heterocycles. The summed E-state index contributed by atoms with van der Waals surface area (Å²) in [6.45, 7) is 2.38. The SMILES string of the molecule is COc1ccc(S(=O)(=O)N2CCCCCC2)cc1C(=O)O[C@@H](C)C#N. The van der Waals surface area contributed by atoms with Crippen LogP contribution in [0.5, 0.6) is 5.75 Å². The highest BCUT2D eigenvalue weighted by Crippen LogP contribution is 2.27. The number of nitriles is 1. The van der Waals surface area contributed by atoms with Gasteiger partial charge < -0.3 is 9.47 Å². The number of methoxy groups -OCH3 is 1. The molecule has 1 atom stereocenters. The maximum absolute atomic E-state index is 12.9. The molecule has 25 heavy (non-hydrogen) atoms. The molecule has 7 nitrogen and oxygen atoms in total. The molecule has 0 aliphatic carbocycles. The van der Waals surface area contributed by atoms with Gasteiger partial charge in [0.1, 0.15) is 17.4 Å². The molecule has 0 spiro atoms. The molecular weight excluding hydrogens is 344 g/mol. The van der Waals surface area contributed by atoms with Crippen LogP contribution in [0.15, 0.2) is 23.1 Å². The van der Waals surface area contributed by atoms with Gasteiger partial charge in [-0.15, -0.1) is 0 Å². The second kappa shape index (κ2) is 8.32. The molecule has 1 aromatic carbocycles. The van der Waals surface area contributed by atoms with E-state index in [1.165, 1.54) is 36.5 Å². The third-order valence-electron chi connectivity index (χ3n) is 4.06. The highest BCUT2D eigenvalue weighted by atomic mass is 32.2. The summed E-state index contributed by atoms with van der Waals surface area (Å²) >= 11 is 0. The van der Waals surface area contributed by atoms with Gasteiger partial charge in [0.25, 0.3) is 0 Å². The molecule has 0 aromatic heterocycles. The van der Waals surface area contributed by atoms with Crippen molar-refractivity contribution >= 4 is 16.0 Å². The van der Waals surface area contributed by atoms with Crippen molar-refractivity contribution in [2.45, 2.75) is 43.6 Å². The van der Waals surface area contributed by atoms with Crippen LogP contribution in [-0.4, -0.2) is 45.0 Å². The van der Waals surface area contributed by atoms with Gasteiger partial charge in [0.05, 0.1) is 12.0 Å². The van der Waals surface area contributed by atoms with Gasteiger partial charge in [-0.1, -0.05) is 12.8 Å². The van der Waals surface area contributed by atoms with E-state index in [1.807, 2.05) is 0 Å². The van der Waals surface area contributed by atoms with E-state index >= 15 is 0 Å². The summed E-state index contributed by atoms with van der Waals surface area (Å²) in [5, 5.41) is 8.78. The number of nitrogens with zero attached hydrogens (tertiary/aromatic N) is 2. The quantitative estimate of drug-likeness (QED) is 0.742. The van der Waals surface area contributed by atoms with Crippen molar-refractivity contribution in [1.82, 2.24) is 4.31 Å². The lowest BCUT2D eigenvalue weighted by atomic mass is 10.2. The average Bonchev–Trinajstić information content (AvgIpc) is 2.90. The fourth-order valence-electron chi connectivity index (χ4n) is 2.69. The van der Waals surface area contributed by atoms with Gasteiger partial charge in [-0.3, -0.25) is 0 Å². The normalized spacial score (nSPS) is 17.2. The van der Waals surface area contributed by atoms with Crippen molar-refractivity contribution in [3.63, 3.8) is 0 Å². The van der Waals surface area contributed by atoms with Crippen LogP contribution in [0.3, 0.4) is 0 Å². The van der Waals surface area contributed by atoms with Crippen LogP contribution in [-0.2, 0) is 14.8 Å². The van der Waals surface area contributed by atoms with Gasteiger partial charge >= 0.3 is 5.97 Å². The van der Waals surface area contributed by atoms with Crippen LogP contribution in [0.1, 0.15) is 43.0 Å². The zero-order valence-corrected chi connectivity index (χ0v) is 15.2. The molecule has 2 rings (SSSR count). The predicted octanol–water partition coefficient (Wildman–Crippen LogP) is 2.33. The third-order valence-corrected chi connectivity index (χ3v) is 5.95. The van der Waals surface area contributed by atoms with Crippen molar-refractivity contribution < 1.29 is 22.7 Å². The van der Waals surface area contributed by atoms with Crippen molar-refractivity contribution in [3.8, 4) is 11.8 Å². The number of carbonyl (C=O) groups is 1. The Morgan fingerprint density at radius 1 is 1.24 bits per heavy atom. The summed E-state index contributed by atoms with van der Waals surface area (Å²) in [6, 6.07) is 5.90. The Morgan fingerprint density at radius 3 is 2.44 bits per heavy atom. The zero-order valence-electron chi connectivity index (χ0n) is 14.4. The maximum atomic E-state index is 12.9. The van der Waals surface area contributed by atoms with Crippen LogP contribution in [0.25, 0.3) is 0 Å². The van der Waals surface area contributed by atoms with Crippen molar-refractivity contribution in [2.24, 2.45) is 0 Å². The molecule has 0 amide bonds. The first kappa shape index (κ1) is 19.2. The number of esters is 1. The van der Waals surface area contributed by atoms with Gasteiger partial charge in [-0.05, 0) is 38.0 Å². The highest BCUT2D eigenvalue weighted by Gasteiger charge is 2.27. The first-order valence-corrected chi connectivity index (χ1v) is 9.63. The molecule has 1 aliphatic rings. The van der Waals surface area contributed by atoms with Crippen LogP contribution in [0.4, 0.5) is 0 Å². The Hall–Kier alpha value is -2.11. The summed E-state index contributed by atoms with van der Waals surface area (Å²) in [5.41, 5.74) is -0.0134. The van der Waals surface area contributed by atoms with Gasteiger partial charge in [0, 0.05) is 13.1 Å². The van der Waals surface area contributed by atoms with E-state index in [2.05, 4.69) is 0 Å².